The highest BCUT2D eigenvalue weighted by Gasteiger charge is 2.54. The lowest BCUT2D eigenvalue weighted by atomic mass is 9.81. The van der Waals surface area contributed by atoms with Crippen LogP contribution in [0.25, 0.3) is 0 Å². The van der Waals surface area contributed by atoms with Gasteiger partial charge >= 0.3 is 6.03 Å². The van der Waals surface area contributed by atoms with E-state index in [9.17, 15) is 19.6 Å². The second-order valence-electron chi connectivity index (χ2n) is 8.69. The van der Waals surface area contributed by atoms with E-state index in [2.05, 4.69) is 16.7 Å². The molecule has 0 aromatic heterocycles. The maximum absolute atomic E-state index is 13.8. The van der Waals surface area contributed by atoms with Gasteiger partial charge in [-0.05, 0) is 61.8 Å². The summed E-state index contributed by atoms with van der Waals surface area (Å²) in [5.74, 6) is -1.02. The molecule has 0 radical (unpaired) electrons. The van der Waals surface area contributed by atoms with Gasteiger partial charge in [0.2, 0.25) is 5.91 Å². The lowest BCUT2D eigenvalue weighted by Crippen LogP contribution is -2.50. The van der Waals surface area contributed by atoms with Crippen molar-refractivity contribution in [3.63, 3.8) is 0 Å². The molecule has 0 spiro atoms. The van der Waals surface area contributed by atoms with Crippen LogP contribution in [0.1, 0.15) is 47.9 Å². The van der Waals surface area contributed by atoms with Crippen molar-refractivity contribution in [1.29, 1.82) is 5.26 Å². The first-order chi connectivity index (χ1) is 15.3. The Morgan fingerprint density at radius 2 is 1.75 bits per heavy atom. The van der Waals surface area contributed by atoms with Gasteiger partial charge < -0.3 is 10.6 Å². The smallest absolute Gasteiger partial charge is 0.326 e. The fraction of sp³-hybridized carbons (Fsp3) is 0.360. The second kappa shape index (κ2) is 8.12. The van der Waals surface area contributed by atoms with E-state index in [1.54, 1.807) is 12.1 Å². The number of nitriles is 1. The molecule has 0 unspecified atom stereocenters. The predicted octanol–water partition coefficient (Wildman–Crippen LogP) is 3.05. The van der Waals surface area contributed by atoms with Gasteiger partial charge in [-0.25, -0.2) is 4.79 Å². The summed E-state index contributed by atoms with van der Waals surface area (Å²) in [5, 5.41) is 15.2. The van der Waals surface area contributed by atoms with Gasteiger partial charge in [-0.1, -0.05) is 48.5 Å². The molecule has 4 rings (SSSR count). The molecular formula is C25H26N4O3. The van der Waals surface area contributed by atoms with Crippen LogP contribution in [0, 0.1) is 25.2 Å². The number of hydrogen-bond donors (Lipinski definition) is 2. The Labute approximate surface area is 187 Å². The van der Waals surface area contributed by atoms with Crippen LogP contribution in [0.3, 0.4) is 0 Å². The summed E-state index contributed by atoms with van der Waals surface area (Å²) in [6.45, 7) is 3.49. The minimum Gasteiger partial charge on any atom is -0.336 e. The first-order valence-corrected chi connectivity index (χ1v) is 10.8. The van der Waals surface area contributed by atoms with Crippen molar-refractivity contribution in [3.8, 4) is 6.07 Å². The molecule has 1 aliphatic heterocycles. The first kappa shape index (κ1) is 21.6. The average Bonchev–Trinajstić information content (AvgIpc) is 3.35. The van der Waals surface area contributed by atoms with Gasteiger partial charge in [-0.3, -0.25) is 14.5 Å². The summed E-state index contributed by atoms with van der Waals surface area (Å²) in [5.41, 5.74) is 0.987. The van der Waals surface area contributed by atoms with Crippen LogP contribution in [-0.4, -0.2) is 34.8 Å². The normalized spacial score (nSPS) is 21.8. The fourth-order valence-corrected chi connectivity index (χ4v) is 4.63. The maximum atomic E-state index is 13.8. The van der Waals surface area contributed by atoms with Gasteiger partial charge in [0, 0.05) is 0 Å². The number of carbonyl (C=O) groups is 3. The SMILES string of the molecule is Cc1ccc([C@@]2(c3ccccc3)NC(=O)N(CC(=O)NC3(C#N)CCCC3)C2=O)cc1C. The third kappa shape index (κ3) is 3.52. The standard InChI is InChI=1S/C25H26N4O3/c1-17-10-11-20(14-18(17)2)25(19-8-4-3-5-9-19)22(31)29(23(32)28-25)15-21(30)27-24(16-26)12-6-7-13-24/h3-5,8-11,14H,6-7,12-13,15H2,1-2H3,(H,27,30)(H,28,32)/t25-/m1/s1. The number of amides is 4. The quantitative estimate of drug-likeness (QED) is 0.712. The molecule has 7 nitrogen and oxygen atoms in total. The average molecular weight is 431 g/mol. The summed E-state index contributed by atoms with van der Waals surface area (Å²) < 4.78 is 0. The number of nitrogens with zero attached hydrogens (tertiary/aromatic N) is 2. The maximum Gasteiger partial charge on any atom is 0.326 e. The minimum atomic E-state index is -1.42. The Kier molecular flexibility index (Phi) is 5.47. The summed E-state index contributed by atoms with van der Waals surface area (Å²) in [6.07, 6.45) is 2.87. The largest absolute Gasteiger partial charge is 0.336 e. The Hall–Kier alpha value is -3.66. The zero-order valence-corrected chi connectivity index (χ0v) is 18.3. The summed E-state index contributed by atoms with van der Waals surface area (Å²) in [6, 6.07) is 16.3. The number of urea groups is 1. The molecule has 32 heavy (non-hydrogen) atoms. The van der Waals surface area contributed by atoms with Crippen LogP contribution >= 0.6 is 0 Å². The van der Waals surface area contributed by atoms with E-state index < -0.39 is 35.5 Å². The number of hydrogen-bond acceptors (Lipinski definition) is 4. The van der Waals surface area contributed by atoms with Crippen molar-refractivity contribution in [3.05, 3.63) is 70.8 Å². The highest BCUT2D eigenvalue weighted by Crippen LogP contribution is 2.37. The van der Waals surface area contributed by atoms with E-state index in [-0.39, 0.29) is 0 Å². The number of aryl methyl sites for hydroxylation is 2. The fourth-order valence-electron chi connectivity index (χ4n) is 4.63. The Morgan fingerprint density at radius 1 is 1.06 bits per heavy atom. The van der Waals surface area contributed by atoms with Crippen molar-refractivity contribution in [2.45, 2.75) is 50.6 Å². The molecule has 0 bridgehead atoms. The third-order valence-corrected chi connectivity index (χ3v) is 6.60. The summed E-state index contributed by atoms with van der Waals surface area (Å²) >= 11 is 0. The molecule has 4 amide bonds. The lowest BCUT2D eigenvalue weighted by molar-refractivity contribution is -0.134. The molecule has 1 heterocycles. The van der Waals surface area contributed by atoms with Crippen LogP contribution in [0.15, 0.2) is 48.5 Å². The van der Waals surface area contributed by atoms with E-state index in [4.69, 9.17) is 0 Å². The molecule has 1 saturated carbocycles. The molecular weight excluding hydrogens is 404 g/mol. The Morgan fingerprint density at radius 3 is 2.38 bits per heavy atom. The molecule has 2 aromatic carbocycles. The van der Waals surface area contributed by atoms with Crippen LogP contribution in [0.2, 0.25) is 0 Å². The van der Waals surface area contributed by atoms with Gasteiger partial charge in [0.25, 0.3) is 5.91 Å². The predicted molar refractivity (Wildman–Crippen MR) is 118 cm³/mol. The Bertz CT molecular complexity index is 1120. The van der Waals surface area contributed by atoms with E-state index in [1.807, 2.05) is 50.2 Å². The molecule has 1 atom stereocenters. The zero-order chi connectivity index (χ0) is 22.9. The summed E-state index contributed by atoms with van der Waals surface area (Å²) in [4.78, 5) is 40.4. The van der Waals surface area contributed by atoms with Crippen LogP contribution in [0.5, 0.6) is 0 Å². The van der Waals surface area contributed by atoms with E-state index in [0.717, 1.165) is 28.9 Å². The van der Waals surface area contributed by atoms with Gasteiger partial charge in [-0.2, -0.15) is 5.26 Å². The molecule has 2 aliphatic rings. The molecule has 2 N–H and O–H groups in total. The number of benzene rings is 2. The van der Waals surface area contributed by atoms with E-state index in [0.29, 0.717) is 24.0 Å². The summed E-state index contributed by atoms with van der Waals surface area (Å²) in [7, 11) is 0. The highest BCUT2D eigenvalue weighted by molar-refractivity contribution is 6.11. The van der Waals surface area contributed by atoms with Crippen molar-refractivity contribution < 1.29 is 14.4 Å². The number of imide groups is 1. The third-order valence-electron chi connectivity index (χ3n) is 6.60. The molecule has 2 aromatic rings. The molecule has 1 saturated heterocycles. The van der Waals surface area contributed by atoms with Crippen LogP contribution < -0.4 is 10.6 Å². The molecule has 164 valence electrons. The monoisotopic (exact) mass is 430 g/mol. The van der Waals surface area contributed by atoms with Gasteiger partial charge in [0.15, 0.2) is 5.54 Å². The van der Waals surface area contributed by atoms with Crippen molar-refractivity contribution in [1.82, 2.24) is 15.5 Å². The van der Waals surface area contributed by atoms with Crippen LogP contribution in [0.4, 0.5) is 4.79 Å². The van der Waals surface area contributed by atoms with E-state index in [1.165, 1.54) is 0 Å². The zero-order valence-electron chi connectivity index (χ0n) is 18.3. The number of nitrogens with one attached hydrogen (secondary N) is 2. The number of carbonyl (C=O) groups excluding carboxylic acids is 3. The lowest BCUT2D eigenvalue weighted by Gasteiger charge is -2.29. The number of rotatable bonds is 5. The first-order valence-electron chi connectivity index (χ1n) is 10.8. The van der Waals surface area contributed by atoms with Crippen molar-refractivity contribution >= 4 is 17.8 Å². The topological polar surface area (TPSA) is 102 Å². The molecule has 7 heteroatoms. The highest BCUT2D eigenvalue weighted by atomic mass is 16.2. The second-order valence-corrected chi connectivity index (χ2v) is 8.69. The molecule has 2 fully saturated rings. The van der Waals surface area contributed by atoms with Gasteiger partial charge in [-0.15, -0.1) is 0 Å². The van der Waals surface area contributed by atoms with Crippen LogP contribution in [-0.2, 0) is 15.1 Å². The van der Waals surface area contributed by atoms with Crippen molar-refractivity contribution in [2.75, 3.05) is 6.54 Å². The van der Waals surface area contributed by atoms with Gasteiger partial charge in [0.1, 0.15) is 12.1 Å². The van der Waals surface area contributed by atoms with E-state index >= 15 is 0 Å². The van der Waals surface area contributed by atoms with Crippen molar-refractivity contribution in [2.24, 2.45) is 0 Å². The minimum absolute atomic E-state index is 0.437. The molecule has 1 aliphatic carbocycles. The van der Waals surface area contributed by atoms with Gasteiger partial charge in [0.05, 0.1) is 6.07 Å². The Balaban J connectivity index is 1.68.